The summed E-state index contributed by atoms with van der Waals surface area (Å²) in [6, 6.07) is 10.2. The van der Waals surface area contributed by atoms with Crippen LogP contribution in [0.15, 0.2) is 36.7 Å². The maximum atomic E-state index is 5.89. The van der Waals surface area contributed by atoms with Gasteiger partial charge in [-0.1, -0.05) is 18.2 Å². The lowest BCUT2D eigenvalue weighted by Gasteiger charge is -2.29. The van der Waals surface area contributed by atoms with Gasteiger partial charge >= 0.3 is 6.01 Å². The van der Waals surface area contributed by atoms with Crippen molar-refractivity contribution in [2.75, 3.05) is 0 Å². The molecule has 0 saturated heterocycles. The molecule has 1 aromatic heterocycles. The molecule has 0 amide bonds. The summed E-state index contributed by atoms with van der Waals surface area (Å²) in [6.07, 6.45) is 3.58. The quantitative estimate of drug-likeness (QED) is 0.785. The Morgan fingerprint density at radius 2 is 2.00 bits per heavy atom. The predicted molar refractivity (Wildman–Crippen MR) is 64.7 cm³/mol. The zero-order chi connectivity index (χ0) is 11.7. The Kier molecular flexibility index (Phi) is 2.73. The van der Waals surface area contributed by atoms with Crippen LogP contribution in [0.25, 0.3) is 5.69 Å². The summed E-state index contributed by atoms with van der Waals surface area (Å²) in [6.45, 7) is 0. The molecular weight excluding hydrogens is 238 g/mol. The molecule has 1 aliphatic rings. The van der Waals surface area contributed by atoms with Gasteiger partial charge in [0.1, 0.15) is 12.4 Å². The van der Waals surface area contributed by atoms with E-state index >= 15 is 0 Å². The largest absolute Gasteiger partial charge is 0.459 e. The SMILES string of the molecule is ClC1CC(Oc2ncn(-c3ccccc3)n2)C1. The van der Waals surface area contributed by atoms with E-state index < -0.39 is 0 Å². The molecule has 1 aromatic carbocycles. The third-order valence-electron chi connectivity index (χ3n) is 2.80. The summed E-state index contributed by atoms with van der Waals surface area (Å²) < 4.78 is 7.30. The Morgan fingerprint density at radius 1 is 1.24 bits per heavy atom. The first-order valence-corrected chi connectivity index (χ1v) is 6.03. The molecular formula is C12H12ClN3O. The lowest BCUT2D eigenvalue weighted by Crippen LogP contribution is -2.34. The summed E-state index contributed by atoms with van der Waals surface area (Å²) >= 11 is 5.89. The Balaban J connectivity index is 1.70. The second kappa shape index (κ2) is 4.37. The number of aromatic nitrogens is 3. The molecule has 0 N–H and O–H groups in total. The van der Waals surface area contributed by atoms with Crippen LogP contribution in [-0.4, -0.2) is 26.2 Å². The molecule has 17 heavy (non-hydrogen) atoms. The summed E-state index contributed by atoms with van der Waals surface area (Å²) in [7, 11) is 0. The number of hydrogen-bond acceptors (Lipinski definition) is 3. The van der Waals surface area contributed by atoms with Crippen LogP contribution < -0.4 is 4.74 Å². The van der Waals surface area contributed by atoms with Crippen LogP contribution in [0.5, 0.6) is 6.01 Å². The van der Waals surface area contributed by atoms with Crippen LogP contribution in [-0.2, 0) is 0 Å². The van der Waals surface area contributed by atoms with Crippen molar-refractivity contribution in [3.05, 3.63) is 36.7 Å². The molecule has 0 radical (unpaired) electrons. The molecule has 2 aromatic rings. The van der Waals surface area contributed by atoms with Crippen molar-refractivity contribution >= 4 is 11.6 Å². The second-order valence-corrected chi connectivity index (χ2v) is 4.73. The normalized spacial score (nSPS) is 23.1. The fourth-order valence-corrected chi connectivity index (χ4v) is 2.15. The van der Waals surface area contributed by atoms with E-state index in [4.69, 9.17) is 16.3 Å². The number of ether oxygens (including phenoxy) is 1. The van der Waals surface area contributed by atoms with Gasteiger partial charge in [-0.3, -0.25) is 0 Å². The van der Waals surface area contributed by atoms with Crippen molar-refractivity contribution < 1.29 is 4.74 Å². The smallest absolute Gasteiger partial charge is 0.336 e. The molecule has 0 spiro atoms. The number of nitrogens with zero attached hydrogens (tertiary/aromatic N) is 3. The first-order chi connectivity index (χ1) is 8.31. The lowest BCUT2D eigenvalue weighted by atomic mass is 9.95. The minimum absolute atomic E-state index is 0.170. The van der Waals surface area contributed by atoms with Gasteiger partial charge in [0.15, 0.2) is 0 Å². The van der Waals surface area contributed by atoms with Gasteiger partial charge in [-0.15, -0.1) is 16.7 Å². The third kappa shape index (κ3) is 2.26. The molecule has 5 heteroatoms. The molecule has 1 aliphatic carbocycles. The maximum Gasteiger partial charge on any atom is 0.336 e. The van der Waals surface area contributed by atoms with Crippen molar-refractivity contribution in [1.29, 1.82) is 0 Å². The van der Waals surface area contributed by atoms with Crippen molar-refractivity contribution in [3.63, 3.8) is 0 Å². The highest BCUT2D eigenvalue weighted by molar-refractivity contribution is 6.21. The van der Waals surface area contributed by atoms with Crippen LogP contribution in [0.1, 0.15) is 12.8 Å². The van der Waals surface area contributed by atoms with Gasteiger partial charge in [0, 0.05) is 18.2 Å². The standard InChI is InChI=1S/C12H12ClN3O/c13-9-6-11(7-9)17-12-14-8-16(15-12)10-4-2-1-3-5-10/h1-5,8-9,11H,6-7H2. The molecule has 1 heterocycles. The van der Waals surface area contributed by atoms with Gasteiger partial charge < -0.3 is 4.74 Å². The van der Waals surface area contributed by atoms with Crippen molar-refractivity contribution in [2.45, 2.75) is 24.3 Å². The van der Waals surface area contributed by atoms with Crippen molar-refractivity contribution in [1.82, 2.24) is 14.8 Å². The van der Waals surface area contributed by atoms with Crippen LogP contribution in [0.3, 0.4) is 0 Å². The third-order valence-corrected chi connectivity index (χ3v) is 3.16. The highest BCUT2D eigenvalue weighted by Gasteiger charge is 2.29. The van der Waals surface area contributed by atoms with Crippen LogP contribution in [0, 0.1) is 0 Å². The van der Waals surface area contributed by atoms with Gasteiger partial charge in [0.2, 0.25) is 0 Å². The Labute approximate surface area is 104 Å². The Hall–Kier alpha value is -1.55. The summed E-state index contributed by atoms with van der Waals surface area (Å²) in [4.78, 5) is 4.13. The van der Waals surface area contributed by atoms with Crippen LogP contribution in [0.4, 0.5) is 0 Å². The molecule has 0 atom stereocenters. The van der Waals surface area contributed by atoms with E-state index in [9.17, 15) is 0 Å². The highest BCUT2D eigenvalue weighted by atomic mass is 35.5. The Bertz CT molecular complexity index is 493. The summed E-state index contributed by atoms with van der Waals surface area (Å²) in [5.74, 6) is 0. The first-order valence-electron chi connectivity index (χ1n) is 5.59. The van der Waals surface area contributed by atoms with Crippen molar-refractivity contribution in [3.8, 4) is 11.7 Å². The fourth-order valence-electron chi connectivity index (χ4n) is 1.75. The Morgan fingerprint density at radius 3 is 2.71 bits per heavy atom. The molecule has 0 aliphatic heterocycles. The number of rotatable bonds is 3. The average Bonchev–Trinajstić information content (AvgIpc) is 2.77. The fraction of sp³-hybridized carbons (Fsp3) is 0.333. The van der Waals surface area contributed by atoms with Crippen LogP contribution >= 0.6 is 11.6 Å². The molecule has 0 unspecified atom stereocenters. The van der Waals surface area contributed by atoms with E-state index in [1.807, 2.05) is 30.3 Å². The van der Waals surface area contributed by atoms with Gasteiger partial charge in [-0.05, 0) is 12.1 Å². The summed E-state index contributed by atoms with van der Waals surface area (Å²) in [5, 5.41) is 4.51. The van der Waals surface area contributed by atoms with Crippen LogP contribution in [0.2, 0.25) is 0 Å². The number of halogens is 1. The second-order valence-electron chi connectivity index (χ2n) is 4.12. The molecule has 88 valence electrons. The topological polar surface area (TPSA) is 39.9 Å². The summed E-state index contributed by atoms with van der Waals surface area (Å²) in [5.41, 5.74) is 0.971. The van der Waals surface area contributed by atoms with Gasteiger partial charge in [-0.25, -0.2) is 4.68 Å². The molecule has 3 rings (SSSR count). The maximum absolute atomic E-state index is 5.89. The van der Waals surface area contributed by atoms with Gasteiger partial charge in [0.05, 0.1) is 5.69 Å². The predicted octanol–water partition coefficient (Wildman–Crippen LogP) is 2.42. The van der Waals surface area contributed by atoms with E-state index in [-0.39, 0.29) is 11.5 Å². The molecule has 4 nitrogen and oxygen atoms in total. The van der Waals surface area contributed by atoms with Gasteiger partial charge in [0.25, 0.3) is 0 Å². The average molecular weight is 250 g/mol. The molecule has 0 bridgehead atoms. The zero-order valence-electron chi connectivity index (χ0n) is 9.16. The van der Waals surface area contributed by atoms with E-state index in [1.54, 1.807) is 11.0 Å². The lowest BCUT2D eigenvalue weighted by molar-refractivity contribution is 0.112. The number of alkyl halides is 1. The van der Waals surface area contributed by atoms with E-state index in [1.165, 1.54) is 0 Å². The molecule has 1 saturated carbocycles. The monoisotopic (exact) mass is 249 g/mol. The minimum atomic E-state index is 0.170. The highest BCUT2D eigenvalue weighted by Crippen LogP contribution is 2.28. The first kappa shape index (κ1) is 10.6. The van der Waals surface area contributed by atoms with Gasteiger partial charge in [-0.2, -0.15) is 4.98 Å². The van der Waals surface area contributed by atoms with Crippen molar-refractivity contribution in [2.24, 2.45) is 0 Å². The zero-order valence-corrected chi connectivity index (χ0v) is 9.92. The van der Waals surface area contributed by atoms with E-state index in [2.05, 4.69) is 10.1 Å². The van der Waals surface area contributed by atoms with E-state index in [0.717, 1.165) is 18.5 Å². The number of benzene rings is 1. The number of hydrogen-bond donors (Lipinski definition) is 0. The van der Waals surface area contributed by atoms with E-state index in [0.29, 0.717) is 6.01 Å². The minimum Gasteiger partial charge on any atom is -0.459 e. The molecule has 1 fully saturated rings. The number of para-hydroxylation sites is 1.